The molecule has 6 nitrogen and oxygen atoms in total. The van der Waals surface area contributed by atoms with Gasteiger partial charge in [0.25, 0.3) is 5.91 Å². The zero-order valence-electron chi connectivity index (χ0n) is 21.1. The maximum atomic E-state index is 12.5. The van der Waals surface area contributed by atoms with Gasteiger partial charge in [0.05, 0.1) is 22.2 Å². The highest BCUT2D eigenvalue weighted by Gasteiger charge is 2.14. The number of amides is 1. The fourth-order valence-corrected chi connectivity index (χ4v) is 4.26. The molecule has 1 heterocycles. The molecule has 4 aromatic rings. The number of hydrogen-bond donors (Lipinski definition) is 3. The molecule has 1 atom stereocenters. The van der Waals surface area contributed by atoms with Crippen LogP contribution in [-0.4, -0.2) is 33.3 Å². The first kappa shape index (κ1) is 25.7. The molecule has 7 heteroatoms. The average Bonchev–Trinajstić information content (AvgIpc) is 3.23. The number of imidazole rings is 1. The number of benzene rings is 3. The molecule has 0 fully saturated rings. The first-order valence-electron chi connectivity index (χ1n) is 12.2. The van der Waals surface area contributed by atoms with E-state index in [0.717, 1.165) is 40.8 Å². The maximum absolute atomic E-state index is 12.5. The number of carbonyl (C=O) groups excluding carboxylic acids is 1. The Morgan fingerprint density at radius 3 is 2.50 bits per heavy atom. The monoisotopic (exact) mass is 505 g/mol. The van der Waals surface area contributed by atoms with E-state index in [4.69, 9.17) is 21.3 Å². The van der Waals surface area contributed by atoms with Crippen LogP contribution >= 0.6 is 11.6 Å². The zero-order chi connectivity index (χ0) is 25.8. The van der Waals surface area contributed by atoms with Gasteiger partial charge in [0.2, 0.25) is 0 Å². The number of ether oxygens (including phenoxy) is 1. The van der Waals surface area contributed by atoms with Crippen LogP contribution in [0.1, 0.15) is 53.7 Å². The van der Waals surface area contributed by atoms with Gasteiger partial charge in [0.15, 0.2) is 0 Å². The minimum absolute atomic E-state index is 0.0147. The molecule has 3 N–H and O–H groups in total. The molecule has 1 aromatic heterocycles. The van der Waals surface area contributed by atoms with Gasteiger partial charge < -0.3 is 20.1 Å². The van der Waals surface area contributed by atoms with Crippen molar-refractivity contribution in [2.45, 2.75) is 59.3 Å². The van der Waals surface area contributed by atoms with Crippen molar-refractivity contribution in [2.75, 3.05) is 0 Å². The first-order valence-corrected chi connectivity index (χ1v) is 12.6. The lowest BCUT2D eigenvalue weighted by atomic mass is 10.1. The van der Waals surface area contributed by atoms with Gasteiger partial charge in [-0.2, -0.15) is 0 Å². The molecule has 0 aliphatic rings. The first-order chi connectivity index (χ1) is 17.2. The predicted molar refractivity (Wildman–Crippen MR) is 145 cm³/mol. The highest BCUT2D eigenvalue weighted by Crippen LogP contribution is 2.27. The Morgan fingerprint density at radius 1 is 1.08 bits per heavy atom. The third-order valence-corrected chi connectivity index (χ3v) is 6.42. The largest absolute Gasteiger partial charge is 0.489 e. The summed E-state index contributed by atoms with van der Waals surface area (Å²) in [4.78, 5) is 20.6. The molecule has 0 aliphatic carbocycles. The number of aromatic amines is 1. The molecule has 0 bridgehead atoms. The topological polar surface area (TPSA) is 87.2 Å². The molecule has 0 saturated heterocycles. The quantitative estimate of drug-likeness (QED) is 0.231. The summed E-state index contributed by atoms with van der Waals surface area (Å²) < 4.78 is 5.59. The maximum Gasteiger partial charge on any atom is 0.253 e. The van der Waals surface area contributed by atoms with Crippen molar-refractivity contribution < 1.29 is 14.6 Å². The third-order valence-electron chi connectivity index (χ3n) is 6.12. The van der Waals surface area contributed by atoms with Crippen LogP contribution < -0.4 is 10.1 Å². The average molecular weight is 506 g/mol. The molecule has 0 radical (unpaired) electrons. The number of aryl methyl sites for hydroxylation is 3. The summed E-state index contributed by atoms with van der Waals surface area (Å²) in [7, 11) is 0. The van der Waals surface area contributed by atoms with E-state index in [2.05, 4.69) is 60.5 Å². The van der Waals surface area contributed by atoms with Gasteiger partial charge in [-0.15, -0.1) is 0 Å². The number of nitrogens with one attached hydrogen (secondary N) is 2. The Labute approximate surface area is 216 Å². The molecular formula is C29H32ClN3O3. The van der Waals surface area contributed by atoms with Crippen LogP contribution in [0.4, 0.5) is 0 Å². The molecule has 0 saturated carbocycles. The molecule has 36 heavy (non-hydrogen) atoms. The van der Waals surface area contributed by atoms with Crippen molar-refractivity contribution in [1.29, 1.82) is 0 Å². The van der Waals surface area contributed by atoms with E-state index in [0.29, 0.717) is 22.8 Å². The van der Waals surface area contributed by atoms with Gasteiger partial charge in [0.1, 0.15) is 17.8 Å². The number of aliphatic hydroxyl groups is 1. The van der Waals surface area contributed by atoms with Gasteiger partial charge in [-0.25, -0.2) is 4.98 Å². The minimum Gasteiger partial charge on any atom is -0.489 e. The molecule has 0 aliphatic heterocycles. The van der Waals surface area contributed by atoms with E-state index in [1.165, 1.54) is 11.1 Å². The Bertz CT molecular complexity index is 1320. The highest BCUT2D eigenvalue weighted by atomic mass is 35.5. The Kier molecular flexibility index (Phi) is 7.97. The number of nitrogens with zero attached hydrogens (tertiary/aromatic N) is 1. The van der Waals surface area contributed by atoms with Gasteiger partial charge in [-0.1, -0.05) is 35.9 Å². The summed E-state index contributed by atoms with van der Waals surface area (Å²) in [6.45, 7) is 8.01. The van der Waals surface area contributed by atoms with E-state index in [1.807, 2.05) is 13.8 Å². The van der Waals surface area contributed by atoms with Crippen molar-refractivity contribution in [3.05, 3.63) is 81.9 Å². The summed E-state index contributed by atoms with van der Waals surface area (Å²) in [5, 5.41) is 13.3. The van der Waals surface area contributed by atoms with Gasteiger partial charge in [-0.05, 0) is 94.0 Å². The van der Waals surface area contributed by atoms with E-state index in [-0.39, 0.29) is 12.0 Å². The van der Waals surface area contributed by atoms with Gasteiger partial charge >= 0.3 is 0 Å². The summed E-state index contributed by atoms with van der Waals surface area (Å²) in [5.41, 5.74) is 7.04. The van der Waals surface area contributed by atoms with E-state index >= 15 is 0 Å². The minimum atomic E-state index is -0.940. The van der Waals surface area contributed by atoms with Crippen molar-refractivity contribution >= 4 is 28.5 Å². The molecule has 3 aromatic carbocycles. The second kappa shape index (κ2) is 11.1. The number of aliphatic hydroxyl groups excluding tert-OH is 1. The fraction of sp³-hybridized carbons (Fsp3) is 0.310. The summed E-state index contributed by atoms with van der Waals surface area (Å²) in [5.74, 6) is 1.00. The van der Waals surface area contributed by atoms with E-state index in [9.17, 15) is 9.90 Å². The standard InChI is InChI=1S/C29H32ClN3O3/c1-17(2)36-26-13-12-22(16-23(26)30)29(35)33-27(34)7-5-6-20-8-10-21(11-9-20)28-31-24-14-18(3)19(4)15-25(24)32-28/h8-17,27,34H,5-7H2,1-4H3,(H,31,32)(H,33,35). The summed E-state index contributed by atoms with van der Waals surface area (Å²) >= 11 is 6.22. The third kappa shape index (κ3) is 6.25. The van der Waals surface area contributed by atoms with Crippen LogP contribution in [0.3, 0.4) is 0 Å². The van der Waals surface area contributed by atoms with Crippen molar-refractivity contribution in [1.82, 2.24) is 15.3 Å². The molecule has 1 amide bonds. The highest BCUT2D eigenvalue weighted by molar-refractivity contribution is 6.32. The predicted octanol–water partition coefficient (Wildman–Crippen LogP) is 6.36. The number of carbonyl (C=O) groups is 1. The lowest BCUT2D eigenvalue weighted by Crippen LogP contribution is -2.34. The molecule has 0 spiro atoms. The fourth-order valence-electron chi connectivity index (χ4n) is 4.03. The molecule has 1 unspecified atom stereocenters. The second-order valence-corrected chi connectivity index (χ2v) is 9.84. The lowest BCUT2D eigenvalue weighted by Gasteiger charge is -2.15. The number of hydrogen-bond acceptors (Lipinski definition) is 4. The van der Waals surface area contributed by atoms with E-state index < -0.39 is 6.23 Å². The number of aromatic nitrogens is 2. The van der Waals surface area contributed by atoms with Gasteiger partial charge in [0, 0.05) is 11.1 Å². The van der Waals surface area contributed by atoms with E-state index in [1.54, 1.807) is 18.2 Å². The second-order valence-electron chi connectivity index (χ2n) is 9.43. The van der Waals surface area contributed by atoms with Crippen molar-refractivity contribution in [3.8, 4) is 17.1 Å². The van der Waals surface area contributed by atoms with Crippen molar-refractivity contribution in [3.63, 3.8) is 0 Å². The molecular weight excluding hydrogens is 474 g/mol. The Balaban J connectivity index is 1.28. The SMILES string of the molecule is Cc1cc2nc(-c3ccc(CCCC(O)NC(=O)c4ccc(OC(C)C)c(Cl)c4)cc3)[nH]c2cc1C. The lowest BCUT2D eigenvalue weighted by molar-refractivity contribution is 0.0760. The van der Waals surface area contributed by atoms with Crippen LogP contribution in [0, 0.1) is 13.8 Å². The molecule has 188 valence electrons. The van der Waals surface area contributed by atoms with Crippen LogP contribution in [0.2, 0.25) is 5.02 Å². The number of halogens is 1. The van der Waals surface area contributed by atoms with Crippen LogP contribution in [0.25, 0.3) is 22.4 Å². The Morgan fingerprint density at radius 2 is 1.81 bits per heavy atom. The van der Waals surface area contributed by atoms with Crippen LogP contribution in [0.5, 0.6) is 5.75 Å². The molecule has 4 rings (SSSR count). The number of fused-ring (bicyclic) bond motifs is 1. The summed E-state index contributed by atoms with van der Waals surface area (Å²) in [6, 6.07) is 17.4. The Hall–Kier alpha value is -3.35. The van der Waals surface area contributed by atoms with Gasteiger partial charge in [-0.3, -0.25) is 4.79 Å². The zero-order valence-corrected chi connectivity index (χ0v) is 21.8. The number of H-pyrrole nitrogens is 1. The van der Waals surface area contributed by atoms with Crippen molar-refractivity contribution in [2.24, 2.45) is 0 Å². The smallest absolute Gasteiger partial charge is 0.253 e. The summed E-state index contributed by atoms with van der Waals surface area (Å²) in [6.07, 6.45) is 1.01. The normalized spacial score (nSPS) is 12.2. The number of rotatable bonds is 9. The van der Waals surface area contributed by atoms with Crippen LogP contribution in [0.15, 0.2) is 54.6 Å². The van der Waals surface area contributed by atoms with Crippen LogP contribution in [-0.2, 0) is 6.42 Å².